The van der Waals surface area contributed by atoms with Crippen LogP contribution in [-0.4, -0.2) is 33.0 Å². The number of benzene rings is 1. The second-order valence-electron chi connectivity index (χ2n) is 3.83. The number of aromatic amines is 1. The molecular weight excluding hydrogens is 237 g/mol. The van der Waals surface area contributed by atoms with E-state index in [0.29, 0.717) is 6.54 Å². The number of rotatable bonds is 3. The van der Waals surface area contributed by atoms with E-state index in [4.69, 9.17) is 5.73 Å². The lowest BCUT2D eigenvalue weighted by molar-refractivity contribution is 0.0773. The Bertz CT molecular complexity index is 551. The van der Waals surface area contributed by atoms with Gasteiger partial charge in [0.25, 0.3) is 5.91 Å². The van der Waals surface area contributed by atoms with Crippen LogP contribution < -0.4 is 5.73 Å². The van der Waals surface area contributed by atoms with E-state index in [2.05, 4.69) is 15.2 Å². The summed E-state index contributed by atoms with van der Waals surface area (Å²) >= 11 is 0. The van der Waals surface area contributed by atoms with Gasteiger partial charge in [-0.05, 0) is 17.7 Å². The second-order valence-corrected chi connectivity index (χ2v) is 3.83. The van der Waals surface area contributed by atoms with E-state index in [-0.39, 0.29) is 23.5 Å². The molecule has 0 unspecified atom stereocenters. The van der Waals surface area contributed by atoms with Crippen LogP contribution in [0.2, 0.25) is 0 Å². The summed E-state index contributed by atoms with van der Waals surface area (Å²) in [6, 6.07) is 5.93. The van der Waals surface area contributed by atoms with E-state index in [1.807, 2.05) is 0 Å². The topological polar surface area (TPSA) is 87.9 Å². The van der Waals surface area contributed by atoms with Crippen molar-refractivity contribution in [2.24, 2.45) is 0 Å². The molecule has 0 atom stereocenters. The van der Waals surface area contributed by atoms with Gasteiger partial charge in [0.1, 0.15) is 5.82 Å². The highest BCUT2D eigenvalue weighted by Gasteiger charge is 2.15. The lowest BCUT2D eigenvalue weighted by atomic mass is 10.2. The molecule has 1 aromatic heterocycles. The molecule has 18 heavy (non-hydrogen) atoms. The maximum Gasteiger partial charge on any atom is 0.291 e. The summed E-state index contributed by atoms with van der Waals surface area (Å²) in [6.07, 6.45) is 0. The largest absolute Gasteiger partial charge is 0.366 e. The van der Waals surface area contributed by atoms with E-state index in [1.165, 1.54) is 17.0 Å². The molecule has 0 aliphatic carbocycles. The number of aromatic nitrogens is 3. The number of hydrogen-bond donors (Lipinski definition) is 2. The van der Waals surface area contributed by atoms with Gasteiger partial charge in [0.15, 0.2) is 0 Å². The average molecular weight is 249 g/mol. The first kappa shape index (κ1) is 12.0. The Hall–Kier alpha value is -2.44. The maximum atomic E-state index is 12.7. The summed E-state index contributed by atoms with van der Waals surface area (Å²) in [5.74, 6) is -0.537. The third-order valence-electron chi connectivity index (χ3n) is 2.38. The minimum absolute atomic E-state index is 0.0218. The van der Waals surface area contributed by atoms with Crippen LogP contribution in [-0.2, 0) is 6.54 Å². The van der Waals surface area contributed by atoms with Gasteiger partial charge in [-0.3, -0.25) is 9.89 Å². The minimum atomic E-state index is -0.330. The number of nitrogens with two attached hydrogens (primary N) is 1. The first-order valence-corrected chi connectivity index (χ1v) is 5.24. The Morgan fingerprint density at radius 2 is 2.11 bits per heavy atom. The number of anilines is 1. The fourth-order valence-electron chi connectivity index (χ4n) is 1.49. The molecule has 1 aromatic carbocycles. The molecule has 2 aromatic rings. The highest BCUT2D eigenvalue weighted by Crippen LogP contribution is 2.07. The van der Waals surface area contributed by atoms with Crippen LogP contribution in [0.4, 0.5) is 10.3 Å². The predicted molar refractivity (Wildman–Crippen MR) is 63.0 cm³/mol. The van der Waals surface area contributed by atoms with Crippen LogP contribution >= 0.6 is 0 Å². The molecule has 0 radical (unpaired) electrons. The zero-order valence-corrected chi connectivity index (χ0v) is 9.72. The Balaban J connectivity index is 2.05. The second kappa shape index (κ2) is 4.82. The summed E-state index contributed by atoms with van der Waals surface area (Å²) < 4.78 is 12.7. The quantitative estimate of drug-likeness (QED) is 0.842. The van der Waals surface area contributed by atoms with Crippen LogP contribution in [0.15, 0.2) is 24.3 Å². The van der Waals surface area contributed by atoms with Crippen LogP contribution in [0.3, 0.4) is 0 Å². The lowest BCUT2D eigenvalue weighted by Gasteiger charge is -2.15. The highest BCUT2D eigenvalue weighted by molar-refractivity contribution is 5.90. The number of amides is 1. The van der Waals surface area contributed by atoms with Crippen molar-refractivity contribution in [2.75, 3.05) is 12.8 Å². The summed E-state index contributed by atoms with van der Waals surface area (Å²) in [5, 5.41) is 6.03. The monoisotopic (exact) mass is 249 g/mol. The van der Waals surface area contributed by atoms with Gasteiger partial charge in [-0.1, -0.05) is 12.1 Å². The summed E-state index contributed by atoms with van der Waals surface area (Å²) in [6.45, 7) is 0.347. The molecule has 0 saturated heterocycles. The van der Waals surface area contributed by atoms with Gasteiger partial charge in [0.05, 0.1) is 0 Å². The number of nitrogens with one attached hydrogen (secondary N) is 1. The number of nitrogen functional groups attached to an aromatic ring is 1. The Morgan fingerprint density at radius 1 is 1.44 bits per heavy atom. The molecule has 0 saturated carbocycles. The van der Waals surface area contributed by atoms with E-state index in [1.54, 1.807) is 19.2 Å². The summed E-state index contributed by atoms with van der Waals surface area (Å²) in [5.41, 5.74) is 6.14. The molecule has 1 amide bonds. The van der Waals surface area contributed by atoms with Gasteiger partial charge in [-0.25, -0.2) is 4.39 Å². The highest BCUT2D eigenvalue weighted by atomic mass is 19.1. The van der Waals surface area contributed by atoms with E-state index >= 15 is 0 Å². The predicted octanol–water partition coefficient (Wildman–Crippen LogP) is 0.798. The molecule has 0 fully saturated rings. The molecule has 0 aliphatic rings. The van der Waals surface area contributed by atoms with Crippen LogP contribution in [0, 0.1) is 5.82 Å². The van der Waals surface area contributed by atoms with Crippen molar-refractivity contribution in [3.63, 3.8) is 0 Å². The number of H-pyrrole nitrogens is 1. The first-order chi connectivity index (χ1) is 8.56. The number of carbonyl (C=O) groups is 1. The smallest absolute Gasteiger partial charge is 0.291 e. The molecule has 6 nitrogen and oxygen atoms in total. The zero-order chi connectivity index (χ0) is 13.1. The molecule has 0 bridgehead atoms. The molecule has 7 heteroatoms. The van der Waals surface area contributed by atoms with Gasteiger partial charge in [-0.2, -0.15) is 4.98 Å². The van der Waals surface area contributed by atoms with E-state index in [0.717, 1.165) is 5.56 Å². The number of hydrogen-bond acceptors (Lipinski definition) is 4. The minimum Gasteiger partial charge on any atom is -0.366 e. The molecule has 94 valence electrons. The fourth-order valence-corrected chi connectivity index (χ4v) is 1.49. The third-order valence-corrected chi connectivity index (χ3v) is 2.38. The molecular formula is C11H12FN5O. The molecule has 3 N–H and O–H groups in total. The van der Waals surface area contributed by atoms with E-state index < -0.39 is 0 Å². The van der Waals surface area contributed by atoms with Crippen molar-refractivity contribution >= 4 is 11.9 Å². The number of halogens is 1. The Kier molecular flexibility index (Phi) is 3.22. The van der Waals surface area contributed by atoms with Crippen molar-refractivity contribution in [1.82, 2.24) is 20.1 Å². The normalized spacial score (nSPS) is 10.3. The SMILES string of the molecule is CN(Cc1ccc(F)cc1)C(=O)c1nc(N)n[nH]1. The molecule has 1 heterocycles. The maximum absolute atomic E-state index is 12.7. The summed E-state index contributed by atoms with van der Waals surface area (Å²) in [7, 11) is 1.62. The average Bonchev–Trinajstić information content (AvgIpc) is 2.78. The van der Waals surface area contributed by atoms with Crippen molar-refractivity contribution in [2.45, 2.75) is 6.54 Å². The van der Waals surface area contributed by atoms with Gasteiger partial charge in [0, 0.05) is 13.6 Å². The standard InChI is InChI=1S/C11H12FN5O/c1-17(6-7-2-4-8(12)5-3-7)10(18)9-14-11(13)16-15-9/h2-5H,6H2,1H3,(H3,13,14,15,16). The van der Waals surface area contributed by atoms with Crippen molar-refractivity contribution in [3.8, 4) is 0 Å². The van der Waals surface area contributed by atoms with Crippen LogP contribution in [0.1, 0.15) is 16.2 Å². The van der Waals surface area contributed by atoms with Crippen molar-refractivity contribution < 1.29 is 9.18 Å². The summed E-state index contributed by atoms with van der Waals surface area (Å²) in [4.78, 5) is 17.1. The van der Waals surface area contributed by atoms with Crippen LogP contribution in [0.25, 0.3) is 0 Å². The fraction of sp³-hybridized carbons (Fsp3) is 0.182. The number of nitrogens with zero attached hydrogens (tertiary/aromatic N) is 3. The van der Waals surface area contributed by atoms with Crippen LogP contribution in [0.5, 0.6) is 0 Å². The zero-order valence-electron chi connectivity index (χ0n) is 9.72. The van der Waals surface area contributed by atoms with Gasteiger partial charge in [0.2, 0.25) is 11.8 Å². The Morgan fingerprint density at radius 3 is 2.67 bits per heavy atom. The Labute approximate surface area is 103 Å². The number of carbonyl (C=O) groups excluding carboxylic acids is 1. The van der Waals surface area contributed by atoms with Crippen molar-refractivity contribution in [3.05, 3.63) is 41.5 Å². The molecule has 0 aliphatic heterocycles. The van der Waals surface area contributed by atoms with Gasteiger partial charge >= 0.3 is 0 Å². The first-order valence-electron chi connectivity index (χ1n) is 5.24. The van der Waals surface area contributed by atoms with Gasteiger partial charge in [-0.15, -0.1) is 5.10 Å². The van der Waals surface area contributed by atoms with E-state index in [9.17, 15) is 9.18 Å². The molecule has 2 rings (SSSR count). The van der Waals surface area contributed by atoms with Crippen molar-refractivity contribution in [1.29, 1.82) is 0 Å². The molecule has 0 spiro atoms. The lowest BCUT2D eigenvalue weighted by Crippen LogP contribution is -2.27. The van der Waals surface area contributed by atoms with Gasteiger partial charge < -0.3 is 10.6 Å². The third kappa shape index (κ3) is 2.62.